The second-order valence-electron chi connectivity index (χ2n) is 5.01. The number of hydrogen-bond donors (Lipinski definition) is 1. The van der Waals surface area contributed by atoms with E-state index in [1.807, 2.05) is 0 Å². The third kappa shape index (κ3) is 3.81. The zero-order valence-corrected chi connectivity index (χ0v) is 12.6. The summed E-state index contributed by atoms with van der Waals surface area (Å²) in [4.78, 5) is 0. The maximum Gasteiger partial charge on any atom is 0.0841 e. The molecule has 1 aromatic carbocycles. The van der Waals surface area contributed by atoms with Crippen molar-refractivity contribution in [2.75, 3.05) is 20.3 Å². The molecular formula is C16H25N3O. The first-order valence-corrected chi connectivity index (χ1v) is 7.51. The molecule has 0 bridgehead atoms. The molecular weight excluding hydrogens is 250 g/mol. The Morgan fingerprint density at radius 2 is 2.05 bits per heavy atom. The average molecular weight is 275 g/mol. The molecule has 0 aliphatic carbocycles. The van der Waals surface area contributed by atoms with Crippen LogP contribution < -0.4 is 5.32 Å². The third-order valence-corrected chi connectivity index (χ3v) is 3.53. The highest BCUT2D eigenvalue weighted by Crippen LogP contribution is 2.18. The molecule has 2 rings (SSSR count). The van der Waals surface area contributed by atoms with Crippen LogP contribution in [0.5, 0.6) is 0 Å². The Hall–Kier alpha value is -1.39. The summed E-state index contributed by atoms with van der Waals surface area (Å²) in [7, 11) is 1.76. The van der Waals surface area contributed by atoms with E-state index >= 15 is 0 Å². The molecule has 1 aromatic heterocycles. The first kappa shape index (κ1) is 15.0. The van der Waals surface area contributed by atoms with E-state index in [1.165, 1.54) is 23.7 Å². The lowest BCUT2D eigenvalue weighted by atomic mass is 10.2. The average Bonchev–Trinajstić information content (AvgIpc) is 2.85. The minimum absolute atomic E-state index is 0.845. The second-order valence-corrected chi connectivity index (χ2v) is 5.01. The van der Waals surface area contributed by atoms with Gasteiger partial charge in [-0.2, -0.15) is 5.10 Å². The van der Waals surface area contributed by atoms with E-state index in [0.29, 0.717) is 0 Å². The summed E-state index contributed by atoms with van der Waals surface area (Å²) < 4.78 is 7.12. The van der Waals surface area contributed by atoms with Gasteiger partial charge in [0, 0.05) is 32.2 Å². The molecule has 110 valence electrons. The monoisotopic (exact) mass is 275 g/mol. The van der Waals surface area contributed by atoms with Crippen molar-refractivity contribution in [1.29, 1.82) is 0 Å². The van der Waals surface area contributed by atoms with Crippen molar-refractivity contribution in [1.82, 2.24) is 15.1 Å². The molecule has 2 aromatic rings. The van der Waals surface area contributed by atoms with Gasteiger partial charge in [0.05, 0.1) is 11.2 Å². The van der Waals surface area contributed by atoms with Crippen LogP contribution in [0.25, 0.3) is 10.9 Å². The molecule has 0 radical (unpaired) electrons. The summed E-state index contributed by atoms with van der Waals surface area (Å²) in [5.41, 5.74) is 2.38. The van der Waals surface area contributed by atoms with Gasteiger partial charge in [0.15, 0.2) is 0 Å². The molecule has 0 amide bonds. The van der Waals surface area contributed by atoms with Crippen molar-refractivity contribution in [3.05, 3.63) is 30.0 Å². The number of para-hydroxylation sites is 1. The smallest absolute Gasteiger partial charge is 0.0841 e. The fourth-order valence-electron chi connectivity index (χ4n) is 2.45. The van der Waals surface area contributed by atoms with E-state index in [9.17, 15) is 0 Å². The molecule has 0 saturated carbocycles. The van der Waals surface area contributed by atoms with Crippen LogP contribution in [0.15, 0.2) is 24.3 Å². The Kier molecular flexibility index (Phi) is 6.02. The van der Waals surface area contributed by atoms with Crippen molar-refractivity contribution >= 4 is 10.9 Å². The Morgan fingerprint density at radius 1 is 1.20 bits per heavy atom. The Balaban J connectivity index is 1.84. The highest BCUT2D eigenvalue weighted by Gasteiger charge is 2.07. The Bertz CT molecular complexity index is 521. The second kappa shape index (κ2) is 8.02. The first-order chi connectivity index (χ1) is 9.86. The number of aryl methyl sites for hydroxylation is 1. The number of ether oxygens (including phenoxy) is 1. The lowest BCUT2D eigenvalue weighted by molar-refractivity contribution is 0.192. The zero-order chi connectivity index (χ0) is 14.2. The van der Waals surface area contributed by atoms with Crippen LogP contribution in [-0.2, 0) is 17.8 Å². The van der Waals surface area contributed by atoms with Crippen LogP contribution in [0.3, 0.4) is 0 Å². The summed E-state index contributed by atoms with van der Waals surface area (Å²) in [5, 5.41) is 9.45. The number of fused-ring (bicyclic) bond motifs is 1. The maximum absolute atomic E-state index is 5.05. The Labute approximate surface area is 121 Å². The fourth-order valence-corrected chi connectivity index (χ4v) is 2.45. The van der Waals surface area contributed by atoms with Gasteiger partial charge in [0.1, 0.15) is 0 Å². The van der Waals surface area contributed by atoms with Gasteiger partial charge in [-0.25, -0.2) is 0 Å². The molecule has 20 heavy (non-hydrogen) atoms. The maximum atomic E-state index is 5.05. The number of methoxy groups -OCH3 is 1. The summed E-state index contributed by atoms with van der Waals surface area (Å²) in [6, 6.07) is 8.45. The van der Waals surface area contributed by atoms with Crippen molar-refractivity contribution in [2.24, 2.45) is 0 Å². The van der Waals surface area contributed by atoms with Crippen LogP contribution in [0, 0.1) is 0 Å². The van der Waals surface area contributed by atoms with Crippen LogP contribution in [0.2, 0.25) is 0 Å². The van der Waals surface area contributed by atoms with Gasteiger partial charge in [-0.3, -0.25) is 4.68 Å². The number of benzene rings is 1. The predicted molar refractivity (Wildman–Crippen MR) is 82.8 cm³/mol. The normalized spacial score (nSPS) is 11.3. The quantitative estimate of drug-likeness (QED) is 0.715. The van der Waals surface area contributed by atoms with Gasteiger partial charge in [0.25, 0.3) is 0 Å². The lowest BCUT2D eigenvalue weighted by Crippen LogP contribution is -2.15. The molecule has 0 aliphatic rings. The number of nitrogens with one attached hydrogen (secondary N) is 1. The predicted octanol–water partition coefficient (Wildman–Crippen LogP) is 2.96. The lowest BCUT2D eigenvalue weighted by Gasteiger charge is -2.03. The third-order valence-electron chi connectivity index (χ3n) is 3.53. The van der Waals surface area contributed by atoms with Crippen LogP contribution >= 0.6 is 0 Å². The first-order valence-electron chi connectivity index (χ1n) is 7.51. The van der Waals surface area contributed by atoms with Gasteiger partial charge in [-0.15, -0.1) is 0 Å². The standard InChI is InChI=1S/C16H25N3O/c1-3-19-16-10-6-5-9-14(16)15(18-19)13-17-11-7-4-8-12-20-2/h5-6,9-10,17H,3-4,7-8,11-13H2,1-2H3. The number of nitrogens with zero attached hydrogens (tertiary/aromatic N) is 2. The topological polar surface area (TPSA) is 39.1 Å². The minimum atomic E-state index is 0.845. The molecule has 0 spiro atoms. The number of rotatable bonds is 9. The highest BCUT2D eigenvalue weighted by molar-refractivity contribution is 5.81. The molecule has 0 atom stereocenters. The van der Waals surface area contributed by atoms with E-state index in [2.05, 4.69) is 46.3 Å². The summed E-state index contributed by atoms with van der Waals surface area (Å²) in [5.74, 6) is 0. The van der Waals surface area contributed by atoms with Crippen molar-refractivity contribution in [3.63, 3.8) is 0 Å². The molecule has 1 N–H and O–H groups in total. The van der Waals surface area contributed by atoms with E-state index in [-0.39, 0.29) is 0 Å². The van der Waals surface area contributed by atoms with Crippen molar-refractivity contribution in [2.45, 2.75) is 39.3 Å². The molecule has 1 heterocycles. The van der Waals surface area contributed by atoms with E-state index < -0.39 is 0 Å². The largest absolute Gasteiger partial charge is 0.385 e. The van der Waals surface area contributed by atoms with Gasteiger partial charge in [0.2, 0.25) is 0 Å². The van der Waals surface area contributed by atoms with Crippen LogP contribution in [0.4, 0.5) is 0 Å². The molecule has 0 saturated heterocycles. The van der Waals surface area contributed by atoms with Crippen molar-refractivity contribution in [3.8, 4) is 0 Å². The van der Waals surface area contributed by atoms with Gasteiger partial charge >= 0.3 is 0 Å². The van der Waals surface area contributed by atoms with Crippen molar-refractivity contribution < 1.29 is 4.74 Å². The van der Waals surface area contributed by atoms with E-state index in [1.54, 1.807) is 7.11 Å². The Morgan fingerprint density at radius 3 is 2.85 bits per heavy atom. The molecule has 0 aliphatic heterocycles. The van der Waals surface area contributed by atoms with E-state index in [0.717, 1.165) is 38.4 Å². The zero-order valence-electron chi connectivity index (χ0n) is 12.6. The van der Waals surface area contributed by atoms with Gasteiger partial charge < -0.3 is 10.1 Å². The number of aromatic nitrogens is 2. The molecule has 0 unspecified atom stereocenters. The summed E-state index contributed by atoms with van der Waals surface area (Å²) in [6.45, 7) is 5.80. The molecule has 0 fully saturated rings. The van der Waals surface area contributed by atoms with Crippen LogP contribution in [0.1, 0.15) is 31.9 Å². The fraction of sp³-hybridized carbons (Fsp3) is 0.562. The highest BCUT2D eigenvalue weighted by atomic mass is 16.5. The SMILES string of the molecule is CCn1nc(CNCCCCCOC)c2ccccc21. The minimum Gasteiger partial charge on any atom is -0.385 e. The number of unbranched alkanes of at least 4 members (excludes halogenated alkanes) is 2. The molecule has 4 heteroatoms. The summed E-state index contributed by atoms with van der Waals surface area (Å²) >= 11 is 0. The summed E-state index contributed by atoms with van der Waals surface area (Å²) in [6.07, 6.45) is 3.55. The van der Waals surface area contributed by atoms with Gasteiger partial charge in [-0.05, 0) is 38.8 Å². The van der Waals surface area contributed by atoms with E-state index in [4.69, 9.17) is 4.74 Å². The van der Waals surface area contributed by atoms with Gasteiger partial charge in [-0.1, -0.05) is 18.2 Å². The van der Waals surface area contributed by atoms with Crippen LogP contribution in [-0.4, -0.2) is 30.0 Å². The number of hydrogen-bond acceptors (Lipinski definition) is 3. The molecule has 4 nitrogen and oxygen atoms in total.